The number of fused-ring (bicyclic) bond motifs is 2. The first-order valence-electron chi connectivity index (χ1n) is 9.76. The zero-order valence-corrected chi connectivity index (χ0v) is 17.2. The molecule has 0 radical (unpaired) electrons. The van der Waals surface area contributed by atoms with Crippen LogP contribution in [-0.2, 0) is 16.1 Å². The van der Waals surface area contributed by atoms with Gasteiger partial charge in [-0.2, -0.15) is 0 Å². The second kappa shape index (κ2) is 8.78. The molecule has 29 heavy (non-hydrogen) atoms. The van der Waals surface area contributed by atoms with Crippen molar-refractivity contribution in [1.29, 1.82) is 0 Å². The molecule has 2 amide bonds. The molecule has 0 spiro atoms. The van der Waals surface area contributed by atoms with E-state index in [4.69, 9.17) is 9.47 Å². The van der Waals surface area contributed by atoms with Crippen molar-refractivity contribution < 1.29 is 19.1 Å². The zero-order chi connectivity index (χ0) is 20.2. The molecular weight excluding hydrogens is 388 g/mol. The highest BCUT2D eigenvalue weighted by Gasteiger charge is 2.23. The third kappa shape index (κ3) is 4.50. The van der Waals surface area contributed by atoms with Gasteiger partial charge in [-0.15, -0.1) is 11.8 Å². The van der Waals surface area contributed by atoms with Gasteiger partial charge in [0.1, 0.15) is 13.2 Å². The van der Waals surface area contributed by atoms with Gasteiger partial charge in [-0.1, -0.05) is 18.2 Å². The minimum atomic E-state index is -0.0482. The van der Waals surface area contributed by atoms with Crippen LogP contribution in [0.1, 0.15) is 18.4 Å². The SMILES string of the molecule is CN(Cc1ccc2c(c1)OCCO2)C(=O)CCC(=O)N1CCSc2ccccc21. The lowest BCUT2D eigenvalue weighted by Crippen LogP contribution is -2.36. The molecule has 2 aliphatic rings. The second-order valence-corrected chi connectivity index (χ2v) is 8.23. The Labute approximate surface area is 174 Å². The number of rotatable bonds is 5. The predicted molar refractivity (Wildman–Crippen MR) is 113 cm³/mol. The molecule has 6 nitrogen and oxygen atoms in total. The fourth-order valence-electron chi connectivity index (χ4n) is 3.52. The van der Waals surface area contributed by atoms with E-state index < -0.39 is 0 Å². The fraction of sp³-hybridized carbons (Fsp3) is 0.364. The zero-order valence-electron chi connectivity index (χ0n) is 16.4. The minimum Gasteiger partial charge on any atom is -0.486 e. The number of nitrogens with zero attached hydrogens (tertiary/aromatic N) is 2. The summed E-state index contributed by atoms with van der Waals surface area (Å²) in [5.41, 5.74) is 1.92. The molecule has 0 atom stereocenters. The van der Waals surface area contributed by atoms with E-state index in [1.54, 1.807) is 28.6 Å². The molecule has 0 aromatic heterocycles. The Morgan fingerprint density at radius 1 is 1.07 bits per heavy atom. The van der Waals surface area contributed by atoms with Crippen LogP contribution < -0.4 is 14.4 Å². The van der Waals surface area contributed by atoms with E-state index in [2.05, 4.69) is 0 Å². The van der Waals surface area contributed by atoms with Crippen molar-refractivity contribution in [2.24, 2.45) is 0 Å². The van der Waals surface area contributed by atoms with Crippen molar-refractivity contribution in [1.82, 2.24) is 4.90 Å². The normalized spacial score (nSPS) is 14.9. The molecule has 0 saturated heterocycles. The van der Waals surface area contributed by atoms with Crippen LogP contribution in [0.3, 0.4) is 0 Å². The van der Waals surface area contributed by atoms with E-state index in [1.165, 1.54) is 0 Å². The van der Waals surface area contributed by atoms with Crippen molar-refractivity contribution in [3.05, 3.63) is 48.0 Å². The lowest BCUT2D eigenvalue weighted by molar-refractivity contribution is -0.132. The van der Waals surface area contributed by atoms with Crippen LogP contribution in [-0.4, -0.2) is 49.3 Å². The van der Waals surface area contributed by atoms with Crippen LogP contribution in [0.4, 0.5) is 5.69 Å². The van der Waals surface area contributed by atoms with Crippen molar-refractivity contribution in [3.8, 4) is 11.5 Å². The van der Waals surface area contributed by atoms with Gasteiger partial charge in [-0.3, -0.25) is 9.59 Å². The Morgan fingerprint density at radius 2 is 1.86 bits per heavy atom. The average molecular weight is 413 g/mol. The predicted octanol–water partition coefficient (Wildman–Crippen LogP) is 3.34. The first kappa shape index (κ1) is 19.6. The summed E-state index contributed by atoms with van der Waals surface area (Å²) in [6, 6.07) is 13.6. The molecule has 0 bridgehead atoms. The van der Waals surface area contributed by atoms with E-state index in [0.717, 1.165) is 27.6 Å². The summed E-state index contributed by atoms with van der Waals surface area (Å²) in [4.78, 5) is 29.9. The highest BCUT2D eigenvalue weighted by atomic mass is 32.2. The van der Waals surface area contributed by atoms with Crippen molar-refractivity contribution in [2.45, 2.75) is 24.3 Å². The number of hydrogen-bond acceptors (Lipinski definition) is 5. The maximum atomic E-state index is 12.7. The number of ether oxygens (including phenoxy) is 2. The van der Waals surface area contributed by atoms with Crippen LogP contribution in [0.15, 0.2) is 47.4 Å². The quantitative estimate of drug-likeness (QED) is 0.754. The van der Waals surface area contributed by atoms with Gasteiger partial charge in [0, 0.05) is 43.6 Å². The first-order chi connectivity index (χ1) is 14.1. The highest BCUT2D eigenvalue weighted by Crippen LogP contribution is 2.35. The average Bonchev–Trinajstić information content (AvgIpc) is 2.76. The van der Waals surface area contributed by atoms with E-state index in [0.29, 0.717) is 32.1 Å². The van der Waals surface area contributed by atoms with Crippen LogP contribution in [0, 0.1) is 0 Å². The summed E-state index contributed by atoms with van der Waals surface area (Å²) in [6.45, 7) is 2.24. The highest BCUT2D eigenvalue weighted by molar-refractivity contribution is 7.99. The van der Waals surface area contributed by atoms with Crippen molar-refractivity contribution in [2.75, 3.05) is 37.5 Å². The topological polar surface area (TPSA) is 59.1 Å². The van der Waals surface area contributed by atoms with Gasteiger partial charge in [0.2, 0.25) is 11.8 Å². The fourth-order valence-corrected chi connectivity index (χ4v) is 4.51. The molecule has 0 N–H and O–H groups in total. The number of hydrogen-bond donors (Lipinski definition) is 0. The van der Waals surface area contributed by atoms with Crippen LogP contribution >= 0.6 is 11.8 Å². The minimum absolute atomic E-state index is 0.00108. The molecule has 152 valence electrons. The monoisotopic (exact) mass is 412 g/mol. The van der Waals surface area contributed by atoms with E-state index in [9.17, 15) is 9.59 Å². The Hall–Kier alpha value is -2.67. The summed E-state index contributed by atoms with van der Waals surface area (Å²) in [7, 11) is 1.76. The summed E-state index contributed by atoms with van der Waals surface area (Å²) >= 11 is 1.76. The Bertz CT molecular complexity index is 917. The number of carbonyl (C=O) groups is 2. The molecule has 2 heterocycles. The van der Waals surface area contributed by atoms with Crippen molar-refractivity contribution in [3.63, 3.8) is 0 Å². The second-order valence-electron chi connectivity index (χ2n) is 7.09. The molecule has 0 aliphatic carbocycles. The van der Waals surface area contributed by atoms with Gasteiger partial charge in [0.05, 0.1) is 5.69 Å². The molecule has 0 saturated carbocycles. The van der Waals surface area contributed by atoms with Crippen LogP contribution in [0.25, 0.3) is 0 Å². The molecule has 0 fully saturated rings. The third-order valence-electron chi connectivity index (χ3n) is 5.03. The molecule has 2 aromatic carbocycles. The van der Waals surface area contributed by atoms with Crippen LogP contribution in [0.5, 0.6) is 11.5 Å². The first-order valence-corrected chi connectivity index (χ1v) is 10.7. The summed E-state index contributed by atoms with van der Waals surface area (Å²) in [5.74, 6) is 2.28. The van der Waals surface area contributed by atoms with Gasteiger partial charge in [-0.05, 0) is 29.8 Å². The molecule has 2 aromatic rings. The molecule has 7 heteroatoms. The summed E-state index contributed by atoms with van der Waals surface area (Å²) in [6.07, 6.45) is 0.412. The third-order valence-corrected chi connectivity index (χ3v) is 6.08. The lowest BCUT2D eigenvalue weighted by Gasteiger charge is -2.29. The number of carbonyl (C=O) groups excluding carboxylic acids is 2. The number of anilines is 1. The van der Waals surface area contributed by atoms with E-state index in [-0.39, 0.29) is 24.7 Å². The Morgan fingerprint density at radius 3 is 2.72 bits per heavy atom. The standard InChI is InChI=1S/C22H24N2O4S/c1-23(15-16-6-7-18-19(14-16)28-12-11-27-18)21(25)8-9-22(26)24-10-13-29-20-5-3-2-4-17(20)24/h2-7,14H,8-13,15H2,1H3. The number of benzene rings is 2. The largest absolute Gasteiger partial charge is 0.486 e. The van der Waals surface area contributed by atoms with Crippen LogP contribution in [0.2, 0.25) is 0 Å². The lowest BCUT2D eigenvalue weighted by atomic mass is 10.1. The van der Waals surface area contributed by atoms with Gasteiger partial charge >= 0.3 is 0 Å². The number of para-hydroxylation sites is 1. The van der Waals surface area contributed by atoms with Crippen molar-refractivity contribution >= 4 is 29.3 Å². The number of thioether (sulfide) groups is 1. The molecule has 4 rings (SSSR count). The Kier molecular flexibility index (Phi) is 5.94. The molecule has 2 aliphatic heterocycles. The Balaban J connectivity index is 1.32. The smallest absolute Gasteiger partial charge is 0.227 e. The van der Waals surface area contributed by atoms with E-state index >= 15 is 0 Å². The van der Waals surface area contributed by atoms with Gasteiger partial charge in [-0.25, -0.2) is 0 Å². The summed E-state index contributed by atoms with van der Waals surface area (Å²) < 4.78 is 11.1. The van der Waals surface area contributed by atoms with E-state index in [1.807, 2.05) is 42.5 Å². The summed E-state index contributed by atoms with van der Waals surface area (Å²) in [5, 5.41) is 0. The molecular formula is C22H24N2O4S. The van der Waals surface area contributed by atoms with Gasteiger partial charge < -0.3 is 19.3 Å². The number of amides is 2. The van der Waals surface area contributed by atoms with Gasteiger partial charge in [0.15, 0.2) is 11.5 Å². The molecule has 0 unspecified atom stereocenters. The maximum absolute atomic E-state index is 12.7. The van der Waals surface area contributed by atoms with Gasteiger partial charge in [0.25, 0.3) is 0 Å². The maximum Gasteiger partial charge on any atom is 0.227 e.